The number of nitrogens with zero attached hydrogens (tertiary/aromatic N) is 2. The number of ether oxygens (including phenoxy) is 1. The first-order valence-electron chi connectivity index (χ1n) is 6.35. The predicted molar refractivity (Wildman–Crippen MR) is 72.4 cm³/mol. The van der Waals surface area contributed by atoms with Crippen molar-refractivity contribution in [3.63, 3.8) is 0 Å². The van der Waals surface area contributed by atoms with Gasteiger partial charge in [-0.15, -0.1) is 0 Å². The first-order valence-corrected chi connectivity index (χ1v) is 7.47. The fourth-order valence-corrected chi connectivity index (χ4v) is 2.59. The Labute approximate surface area is 108 Å². The number of hydrogen-bond acceptors (Lipinski definition) is 3. The molecule has 0 saturated carbocycles. The number of likely N-dealkylation sites (N-methyl/N-ethyl adjacent to an activating group) is 1. The molecule has 1 saturated heterocycles. The van der Waals surface area contributed by atoms with Crippen LogP contribution in [-0.2, 0) is 4.74 Å². The lowest BCUT2D eigenvalue weighted by Crippen LogP contribution is -2.49. The van der Waals surface area contributed by atoms with Gasteiger partial charge in [0.05, 0.1) is 12.2 Å². The summed E-state index contributed by atoms with van der Waals surface area (Å²) in [7, 11) is 0. The highest BCUT2D eigenvalue weighted by molar-refractivity contribution is 9.09. The normalized spacial score (nSPS) is 27.6. The van der Waals surface area contributed by atoms with Gasteiger partial charge in [-0.2, -0.15) is 0 Å². The van der Waals surface area contributed by atoms with Crippen LogP contribution < -0.4 is 0 Å². The number of hydrogen-bond donors (Lipinski definition) is 0. The largest absolute Gasteiger partial charge is 0.372 e. The van der Waals surface area contributed by atoms with E-state index in [1.54, 1.807) is 0 Å². The number of rotatable bonds is 6. The van der Waals surface area contributed by atoms with Crippen molar-refractivity contribution in [1.82, 2.24) is 9.80 Å². The molecule has 96 valence electrons. The van der Waals surface area contributed by atoms with Crippen LogP contribution in [0.3, 0.4) is 0 Å². The SMILES string of the molecule is CCN(CC)CCN1CC(C)OC(CBr)C1. The molecular weight excluding hydrogens is 268 g/mol. The van der Waals surface area contributed by atoms with Gasteiger partial charge in [0.25, 0.3) is 0 Å². The fraction of sp³-hybridized carbons (Fsp3) is 1.00. The Kier molecular flexibility index (Phi) is 6.89. The molecule has 2 atom stereocenters. The van der Waals surface area contributed by atoms with E-state index >= 15 is 0 Å². The Morgan fingerprint density at radius 3 is 2.56 bits per heavy atom. The van der Waals surface area contributed by atoms with Crippen LogP contribution in [0, 0.1) is 0 Å². The molecule has 1 heterocycles. The standard InChI is InChI=1S/C12H25BrN2O/c1-4-14(5-2)6-7-15-9-11(3)16-12(8-13)10-15/h11-12H,4-10H2,1-3H3. The van der Waals surface area contributed by atoms with Crippen molar-refractivity contribution in [2.24, 2.45) is 0 Å². The van der Waals surface area contributed by atoms with Crippen molar-refractivity contribution in [2.45, 2.75) is 33.0 Å². The quantitative estimate of drug-likeness (QED) is 0.695. The van der Waals surface area contributed by atoms with Crippen molar-refractivity contribution in [1.29, 1.82) is 0 Å². The van der Waals surface area contributed by atoms with E-state index < -0.39 is 0 Å². The van der Waals surface area contributed by atoms with Crippen LogP contribution in [-0.4, -0.2) is 66.6 Å². The molecule has 0 amide bonds. The summed E-state index contributed by atoms with van der Waals surface area (Å²) in [5, 5.41) is 0.944. The molecule has 0 N–H and O–H groups in total. The smallest absolute Gasteiger partial charge is 0.0802 e. The summed E-state index contributed by atoms with van der Waals surface area (Å²) in [6.07, 6.45) is 0.730. The average molecular weight is 293 g/mol. The summed E-state index contributed by atoms with van der Waals surface area (Å²) in [5.74, 6) is 0. The van der Waals surface area contributed by atoms with E-state index in [0.717, 1.165) is 31.5 Å². The minimum absolute atomic E-state index is 0.362. The first-order chi connectivity index (χ1) is 7.69. The van der Waals surface area contributed by atoms with Crippen LogP contribution in [0.4, 0.5) is 0 Å². The van der Waals surface area contributed by atoms with Crippen molar-refractivity contribution in [3.05, 3.63) is 0 Å². The zero-order valence-corrected chi connectivity index (χ0v) is 12.4. The minimum Gasteiger partial charge on any atom is -0.372 e. The molecule has 0 aromatic carbocycles. The van der Waals surface area contributed by atoms with Gasteiger partial charge in [0.1, 0.15) is 0 Å². The molecule has 4 heteroatoms. The van der Waals surface area contributed by atoms with E-state index in [0.29, 0.717) is 12.2 Å². The lowest BCUT2D eigenvalue weighted by atomic mass is 10.2. The molecule has 0 aromatic rings. The minimum atomic E-state index is 0.362. The van der Waals surface area contributed by atoms with Crippen LogP contribution in [0.2, 0.25) is 0 Å². The Hall–Kier alpha value is 0.360. The molecule has 1 rings (SSSR count). The lowest BCUT2D eigenvalue weighted by molar-refractivity contribution is -0.0665. The zero-order chi connectivity index (χ0) is 12.0. The third-order valence-electron chi connectivity index (χ3n) is 3.20. The van der Waals surface area contributed by atoms with Gasteiger partial charge in [0.15, 0.2) is 0 Å². The van der Waals surface area contributed by atoms with Crippen molar-refractivity contribution in [2.75, 3.05) is 44.6 Å². The highest BCUT2D eigenvalue weighted by Crippen LogP contribution is 2.12. The summed E-state index contributed by atoms with van der Waals surface area (Å²) in [6, 6.07) is 0. The highest BCUT2D eigenvalue weighted by atomic mass is 79.9. The zero-order valence-electron chi connectivity index (χ0n) is 10.8. The van der Waals surface area contributed by atoms with Gasteiger partial charge < -0.3 is 9.64 Å². The maximum Gasteiger partial charge on any atom is 0.0802 e. The van der Waals surface area contributed by atoms with Crippen LogP contribution in [0.1, 0.15) is 20.8 Å². The Morgan fingerprint density at radius 1 is 1.31 bits per heavy atom. The van der Waals surface area contributed by atoms with Gasteiger partial charge in [-0.1, -0.05) is 29.8 Å². The van der Waals surface area contributed by atoms with E-state index in [9.17, 15) is 0 Å². The average Bonchev–Trinajstić information content (AvgIpc) is 2.29. The highest BCUT2D eigenvalue weighted by Gasteiger charge is 2.24. The van der Waals surface area contributed by atoms with Crippen molar-refractivity contribution in [3.8, 4) is 0 Å². The van der Waals surface area contributed by atoms with E-state index in [4.69, 9.17) is 4.74 Å². The molecule has 2 unspecified atom stereocenters. The summed E-state index contributed by atoms with van der Waals surface area (Å²) in [5.41, 5.74) is 0. The second kappa shape index (κ2) is 7.64. The van der Waals surface area contributed by atoms with Crippen LogP contribution in [0.15, 0.2) is 0 Å². The summed E-state index contributed by atoms with van der Waals surface area (Å²) in [4.78, 5) is 5.00. The summed E-state index contributed by atoms with van der Waals surface area (Å²) in [6.45, 7) is 13.4. The molecule has 3 nitrogen and oxygen atoms in total. The second-order valence-electron chi connectivity index (χ2n) is 4.51. The first kappa shape index (κ1) is 14.4. The Balaban J connectivity index is 2.30. The summed E-state index contributed by atoms with van der Waals surface area (Å²) >= 11 is 3.51. The van der Waals surface area contributed by atoms with Crippen molar-refractivity contribution >= 4 is 15.9 Å². The molecule has 1 aliphatic heterocycles. The van der Waals surface area contributed by atoms with E-state index in [1.807, 2.05) is 0 Å². The van der Waals surface area contributed by atoms with Crippen molar-refractivity contribution < 1.29 is 4.74 Å². The fourth-order valence-electron chi connectivity index (χ4n) is 2.23. The van der Waals surface area contributed by atoms with Crippen LogP contribution in [0.25, 0.3) is 0 Å². The molecule has 0 spiro atoms. The molecule has 1 fully saturated rings. The number of halogens is 1. The Morgan fingerprint density at radius 2 is 2.00 bits per heavy atom. The number of alkyl halides is 1. The summed E-state index contributed by atoms with van der Waals surface area (Å²) < 4.78 is 5.82. The Bertz CT molecular complexity index is 188. The van der Waals surface area contributed by atoms with E-state index in [-0.39, 0.29) is 0 Å². The molecule has 0 radical (unpaired) electrons. The topological polar surface area (TPSA) is 15.7 Å². The van der Waals surface area contributed by atoms with Gasteiger partial charge >= 0.3 is 0 Å². The van der Waals surface area contributed by atoms with Gasteiger partial charge in [-0.25, -0.2) is 0 Å². The molecule has 0 aromatic heterocycles. The van der Waals surface area contributed by atoms with Gasteiger partial charge in [0.2, 0.25) is 0 Å². The lowest BCUT2D eigenvalue weighted by Gasteiger charge is -2.37. The van der Waals surface area contributed by atoms with Crippen LogP contribution in [0.5, 0.6) is 0 Å². The van der Waals surface area contributed by atoms with Gasteiger partial charge in [0, 0.05) is 31.5 Å². The maximum absolute atomic E-state index is 5.82. The number of morpholine rings is 1. The molecule has 0 bridgehead atoms. The molecular formula is C12H25BrN2O. The predicted octanol–water partition coefficient (Wildman–Crippen LogP) is 1.81. The molecule has 1 aliphatic rings. The third-order valence-corrected chi connectivity index (χ3v) is 3.92. The third kappa shape index (κ3) is 4.70. The maximum atomic E-state index is 5.82. The van der Waals surface area contributed by atoms with E-state index in [1.165, 1.54) is 13.1 Å². The van der Waals surface area contributed by atoms with Crippen LogP contribution >= 0.6 is 15.9 Å². The monoisotopic (exact) mass is 292 g/mol. The second-order valence-corrected chi connectivity index (χ2v) is 5.16. The molecule has 16 heavy (non-hydrogen) atoms. The molecule has 0 aliphatic carbocycles. The van der Waals surface area contributed by atoms with E-state index in [2.05, 4.69) is 46.5 Å². The van der Waals surface area contributed by atoms with Gasteiger partial charge in [-0.3, -0.25) is 4.90 Å². The van der Waals surface area contributed by atoms with Gasteiger partial charge in [-0.05, 0) is 20.0 Å².